The number of H-pyrrole nitrogens is 1. The van der Waals surface area contributed by atoms with Gasteiger partial charge in [0.05, 0.1) is 25.2 Å². The predicted molar refractivity (Wildman–Crippen MR) is 116 cm³/mol. The van der Waals surface area contributed by atoms with Crippen molar-refractivity contribution in [1.29, 1.82) is 0 Å². The first-order valence-corrected chi connectivity index (χ1v) is 10.2. The van der Waals surface area contributed by atoms with E-state index >= 15 is 0 Å². The van der Waals surface area contributed by atoms with Crippen LogP contribution in [0.15, 0.2) is 12.5 Å². The number of nitrogens with two attached hydrogens (primary N) is 3. The van der Waals surface area contributed by atoms with Crippen LogP contribution in [0.25, 0.3) is 0 Å². The van der Waals surface area contributed by atoms with Gasteiger partial charge in [-0.25, -0.2) is 9.78 Å². The number of primary amides is 2. The number of carboxylic acid groups (broad SMARTS) is 1. The molecule has 0 saturated carbocycles. The maximum absolute atomic E-state index is 12.8. The Bertz CT molecular complexity index is 902. The molecule has 5 amide bonds. The van der Waals surface area contributed by atoms with Crippen molar-refractivity contribution in [2.24, 2.45) is 23.1 Å². The van der Waals surface area contributed by atoms with E-state index < -0.39 is 78.4 Å². The van der Waals surface area contributed by atoms with Crippen LogP contribution < -0.4 is 33.2 Å². The van der Waals surface area contributed by atoms with Crippen LogP contribution in [0, 0.1) is 5.92 Å². The lowest BCUT2D eigenvalue weighted by atomic mass is 10.0. The van der Waals surface area contributed by atoms with Gasteiger partial charge in [0, 0.05) is 18.3 Å². The van der Waals surface area contributed by atoms with Crippen LogP contribution in [0.3, 0.4) is 0 Å². The van der Waals surface area contributed by atoms with Gasteiger partial charge in [0.2, 0.25) is 29.5 Å². The van der Waals surface area contributed by atoms with E-state index in [2.05, 4.69) is 25.9 Å². The number of nitrogens with zero attached hydrogens (tertiary/aromatic N) is 1. The van der Waals surface area contributed by atoms with Crippen LogP contribution in [0.1, 0.15) is 32.4 Å². The average Bonchev–Trinajstić information content (AvgIpc) is 3.22. The molecule has 0 saturated heterocycles. The highest BCUT2D eigenvalue weighted by Crippen LogP contribution is 2.06. The number of hydrogen-bond acceptors (Lipinski definition) is 8. The van der Waals surface area contributed by atoms with Crippen LogP contribution in [0.5, 0.6) is 0 Å². The molecule has 0 radical (unpaired) electrons. The van der Waals surface area contributed by atoms with E-state index in [0.717, 1.165) is 0 Å². The molecule has 0 bridgehead atoms. The Kier molecular flexibility index (Phi) is 10.6. The van der Waals surface area contributed by atoms with Gasteiger partial charge in [-0.1, -0.05) is 13.8 Å². The molecule has 1 aromatic rings. The summed E-state index contributed by atoms with van der Waals surface area (Å²) in [6, 6.07) is -5.41. The van der Waals surface area contributed by atoms with Crippen LogP contribution in [-0.2, 0) is 35.2 Å². The zero-order valence-electron chi connectivity index (χ0n) is 18.7. The van der Waals surface area contributed by atoms with E-state index in [1.807, 2.05) is 0 Å². The highest BCUT2D eigenvalue weighted by Gasteiger charge is 2.33. The lowest BCUT2D eigenvalue weighted by molar-refractivity contribution is -0.144. The standard InChI is InChI=1S/C19H30N8O7/c1-8(2)15(18(32)26-12(19(33)34)5-14(22)29)27-17(31)11(4-13(21)28)25-16(30)10(20)3-9-6-23-7-24-9/h6-8,10-12,15H,3-5,20H2,1-2H3,(H2,21,28)(H2,22,29)(H,23,24)(H,25,30)(H,26,32)(H,27,31)(H,33,34). The minimum atomic E-state index is -1.61. The van der Waals surface area contributed by atoms with Crippen molar-refractivity contribution in [1.82, 2.24) is 25.9 Å². The Labute approximate surface area is 194 Å². The van der Waals surface area contributed by atoms with Gasteiger partial charge in [0.1, 0.15) is 18.1 Å². The fourth-order valence-corrected chi connectivity index (χ4v) is 2.87. The maximum atomic E-state index is 12.8. The molecule has 0 aliphatic carbocycles. The molecule has 188 valence electrons. The van der Waals surface area contributed by atoms with Gasteiger partial charge in [0.15, 0.2) is 0 Å². The van der Waals surface area contributed by atoms with Gasteiger partial charge in [-0.15, -0.1) is 0 Å². The van der Waals surface area contributed by atoms with Crippen molar-refractivity contribution >= 4 is 35.5 Å². The topological polar surface area (TPSA) is 265 Å². The molecule has 11 N–H and O–H groups in total. The first-order valence-electron chi connectivity index (χ1n) is 10.2. The summed E-state index contributed by atoms with van der Waals surface area (Å²) in [5.41, 5.74) is 16.6. The summed E-state index contributed by atoms with van der Waals surface area (Å²) in [6.45, 7) is 3.13. The molecule has 4 unspecified atom stereocenters. The fraction of sp³-hybridized carbons (Fsp3) is 0.526. The summed E-state index contributed by atoms with van der Waals surface area (Å²) < 4.78 is 0. The normalized spacial score (nSPS) is 14.4. The van der Waals surface area contributed by atoms with Crippen molar-refractivity contribution < 1.29 is 33.9 Å². The number of rotatable bonds is 14. The molecule has 15 heteroatoms. The van der Waals surface area contributed by atoms with Crippen molar-refractivity contribution in [2.75, 3.05) is 0 Å². The zero-order valence-corrected chi connectivity index (χ0v) is 18.7. The number of imidazole rings is 1. The van der Waals surface area contributed by atoms with Gasteiger partial charge in [-0.2, -0.15) is 0 Å². The van der Waals surface area contributed by atoms with Gasteiger partial charge in [0.25, 0.3) is 0 Å². The Morgan fingerprint density at radius 2 is 1.50 bits per heavy atom. The molecule has 34 heavy (non-hydrogen) atoms. The van der Waals surface area contributed by atoms with E-state index in [1.165, 1.54) is 12.5 Å². The predicted octanol–water partition coefficient (Wildman–Crippen LogP) is -3.77. The van der Waals surface area contributed by atoms with E-state index in [0.29, 0.717) is 5.69 Å². The van der Waals surface area contributed by atoms with Gasteiger partial charge < -0.3 is 43.2 Å². The third-order valence-electron chi connectivity index (χ3n) is 4.64. The molecule has 1 heterocycles. The first-order chi connectivity index (χ1) is 15.8. The number of aromatic nitrogens is 2. The number of nitrogens with one attached hydrogen (secondary N) is 4. The SMILES string of the molecule is CC(C)C(NC(=O)C(CC(N)=O)NC(=O)C(N)Cc1cnc[nH]1)C(=O)NC(CC(N)=O)C(=O)O. The number of carboxylic acids is 1. The maximum Gasteiger partial charge on any atom is 0.326 e. The Morgan fingerprint density at radius 1 is 0.941 bits per heavy atom. The van der Waals surface area contributed by atoms with E-state index in [9.17, 15) is 33.9 Å². The second kappa shape index (κ2) is 12.9. The molecule has 0 aliphatic rings. The summed E-state index contributed by atoms with van der Waals surface area (Å²) in [4.78, 5) is 78.3. The molecule has 15 nitrogen and oxygen atoms in total. The molecular weight excluding hydrogens is 452 g/mol. The molecule has 1 rings (SSSR count). The number of amides is 5. The number of carbonyl (C=O) groups is 6. The number of aromatic amines is 1. The molecular formula is C19H30N8O7. The minimum absolute atomic E-state index is 0.0736. The average molecular weight is 482 g/mol. The van der Waals surface area contributed by atoms with Gasteiger partial charge >= 0.3 is 5.97 Å². The van der Waals surface area contributed by atoms with Crippen molar-refractivity contribution in [3.05, 3.63) is 18.2 Å². The Morgan fingerprint density at radius 3 is 1.97 bits per heavy atom. The van der Waals surface area contributed by atoms with Gasteiger partial charge in [-0.05, 0) is 5.92 Å². The highest BCUT2D eigenvalue weighted by molar-refractivity contribution is 5.96. The van der Waals surface area contributed by atoms with Crippen LogP contribution >= 0.6 is 0 Å². The van der Waals surface area contributed by atoms with E-state index in [-0.39, 0.29) is 6.42 Å². The van der Waals surface area contributed by atoms with Crippen LogP contribution in [0.2, 0.25) is 0 Å². The second-order valence-corrected chi connectivity index (χ2v) is 7.92. The van der Waals surface area contributed by atoms with E-state index in [4.69, 9.17) is 17.2 Å². The highest BCUT2D eigenvalue weighted by atomic mass is 16.4. The third-order valence-corrected chi connectivity index (χ3v) is 4.64. The molecule has 0 fully saturated rings. The summed E-state index contributed by atoms with van der Waals surface area (Å²) in [5.74, 6) is -6.47. The summed E-state index contributed by atoms with van der Waals surface area (Å²) in [6.07, 6.45) is 1.70. The number of carbonyl (C=O) groups excluding carboxylic acids is 5. The van der Waals surface area contributed by atoms with Crippen molar-refractivity contribution in [3.63, 3.8) is 0 Å². The summed E-state index contributed by atoms with van der Waals surface area (Å²) in [7, 11) is 0. The lowest BCUT2D eigenvalue weighted by Crippen LogP contribution is -2.59. The van der Waals surface area contributed by atoms with Crippen molar-refractivity contribution in [3.8, 4) is 0 Å². The quantitative estimate of drug-likeness (QED) is 0.129. The van der Waals surface area contributed by atoms with Crippen molar-refractivity contribution in [2.45, 2.75) is 57.3 Å². The zero-order chi connectivity index (χ0) is 26.0. The summed E-state index contributed by atoms with van der Waals surface area (Å²) >= 11 is 0. The van der Waals surface area contributed by atoms with Crippen LogP contribution in [0.4, 0.5) is 0 Å². The molecule has 0 spiro atoms. The minimum Gasteiger partial charge on any atom is -0.480 e. The monoisotopic (exact) mass is 482 g/mol. The largest absolute Gasteiger partial charge is 0.480 e. The fourth-order valence-electron chi connectivity index (χ4n) is 2.87. The molecule has 4 atom stereocenters. The first kappa shape index (κ1) is 28.0. The van der Waals surface area contributed by atoms with Crippen LogP contribution in [-0.4, -0.2) is 74.7 Å². The van der Waals surface area contributed by atoms with E-state index in [1.54, 1.807) is 13.8 Å². The Balaban J connectivity index is 2.92. The summed E-state index contributed by atoms with van der Waals surface area (Å²) in [5, 5.41) is 16.0. The molecule has 0 aromatic carbocycles. The van der Waals surface area contributed by atoms with Gasteiger partial charge in [-0.3, -0.25) is 24.0 Å². The second-order valence-electron chi connectivity index (χ2n) is 7.92. The Hall–Kier alpha value is -4.01. The lowest BCUT2D eigenvalue weighted by Gasteiger charge is -2.26. The number of aliphatic carboxylic acids is 1. The number of hydrogen-bond donors (Lipinski definition) is 8. The third kappa shape index (κ3) is 9.23. The smallest absolute Gasteiger partial charge is 0.326 e. The molecule has 1 aromatic heterocycles. The molecule has 0 aliphatic heterocycles.